The predicted molar refractivity (Wildman–Crippen MR) is 73.7 cm³/mol. The molecule has 0 aliphatic rings. The van der Waals surface area contributed by atoms with Gasteiger partial charge in [-0.2, -0.15) is 0 Å². The van der Waals surface area contributed by atoms with Gasteiger partial charge in [-0.25, -0.2) is 9.97 Å². The topological polar surface area (TPSA) is 37.8 Å². The van der Waals surface area contributed by atoms with Gasteiger partial charge in [0.2, 0.25) is 0 Å². The Labute approximate surface area is 112 Å². The number of nitrogens with zero attached hydrogens (tertiary/aromatic N) is 2. The number of aryl methyl sites for hydroxylation is 1. The summed E-state index contributed by atoms with van der Waals surface area (Å²) in [6.45, 7) is 4.97. The molecular formula is C14H16ClN3. The van der Waals surface area contributed by atoms with Crippen molar-refractivity contribution in [3.05, 3.63) is 58.6 Å². The van der Waals surface area contributed by atoms with E-state index in [9.17, 15) is 0 Å². The summed E-state index contributed by atoms with van der Waals surface area (Å²) in [5.41, 5.74) is 3.31. The summed E-state index contributed by atoms with van der Waals surface area (Å²) in [7, 11) is 0. The van der Waals surface area contributed by atoms with Crippen molar-refractivity contribution in [3.63, 3.8) is 0 Å². The summed E-state index contributed by atoms with van der Waals surface area (Å²) in [4.78, 5) is 8.15. The Morgan fingerprint density at radius 1 is 1.22 bits per heavy atom. The SMILES string of the molecule is CCNC(c1cncnc1)c1ccc(Cl)c(C)c1. The lowest BCUT2D eigenvalue weighted by Gasteiger charge is -2.18. The molecule has 0 fully saturated rings. The first-order valence-corrected chi connectivity index (χ1v) is 6.34. The lowest BCUT2D eigenvalue weighted by Crippen LogP contribution is -2.22. The molecule has 1 N–H and O–H groups in total. The van der Waals surface area contributed by atoms with Gasteiger partial charge in [0.15, 0.2) is 0 Å². The van der Waals surface area contributed by atoms with Crippen LogP contribution in [0, 0.1) is 6.92 Å². The van der Waals surface area contributed by atoms with E-state index in [0.29, 0.717) is 0 Å². The first-order valence-electron chi connectivity index (χ1n) is 5.96. The molecule has 1 atom stereocenters. The van der Waals surface area contributed by atoms with Crippen LogP contribution in [-0.2, 0) is 0 Å². The summed E-state index contributed by atoms with van der Waals surface area (Å²) in [5.74, 6) is 0. The molecule has 1 aromatic heterocycles. The van der Waals surface area contributed by atoms with Crippen LogP contribution in [-0.4, -0.2) is 16.5 Å². The normalized spacial score (nSPS) is 12.4. The van der Waals surface area contributed by atoms with Crippen LogP contribution >= 0.6 is 11.6 Å². The zero-order valence-electron chi connectivity index (χ0n) is 10.5. The second kappa shape index (κ2) is 5.94. The van der Waals surface area contributed by atoms with Crippen LogP contribution in [0.1, 0.15) is 29.7 Å². The second-order valence-corrected chi connectivity index (χ2v) is 4.58. The highest BCUT2D eigenvalue weighted by Gasteiger charge is 2.14. The molecule has 0 saturated carbocycles. The Balaban J connectivity index is 2.38. The molecule has 3 nitrogen and oxygen atoms in total. The molecule has 1 aromatic carbocycles. The van der Waals surface area contributed by atoms with Crippen molar-refractivity contribution in [2.24, 2.45) is 0 Å². The Kier molecular flexibility index (Phi) is 4.28. The quantitative estimate of drug-likeness (QED) is 0.919. The highest BCUT2D eigenvalue weighted by Crippen LogP contribution is 2.24. The Morgan fingerprint density at radius 2 is 1.94 bits per heavy atom. The van der Waals surface area contributed by atoms with E-state index in [-0.39, 0.29) is 6.04 Å². The van der Waals surface area contributed by atoms with Gasteiger partial charge in [-0.15, -0.1) is 0 Å². The minimum Gasteiger partial charge on any atom is -0.306 e. The van der Waals surface area contributed by atoms with Gasteiger partial charge in [-0.1, -0.05) is 30.7 Å². The van der Waals surface area contributed by atoms with Gasteiger partial charge in [0, 0.05) is 23.0 Å². The molecule has 0 aliphatic carbocycles. The molecule has 0 radical (unpaired) electrons. The van der Waals surface area contributed by atoms with Crippen LogP contribution in [0.4, 0.5) is 0 Å². The molecule has 4 heteroatoms. The molecule has 0 spiro atoms. The standard InChI is InChI=1S/C14H16ClN3/c1-3-18-14(12-7-16-9-17-8-12)11-4-5-13(15)10(2)6-11/h4-9,14,18H,3H2,1-2H3. The van der Waals surface area contributed by atoms with E-state index in [1.165, 1.54) is 5.56 Å². The van der Waals surface area contributed by atoms with E-state index in [1.807, 2.05) is 31.5 Å². The van der Waals surface area contributed by atoms with Crippen LogP contribution in [0.15, 0.2) is 36.9 Å². The van der Waals surface area contributed by atoms with E-state index in [1.54, 1.807) is 6.33 Å². The minimum atomic E-state index is 0.104. The van der Waals surface area contributed by atoms with E-state index >= 15 is 0 Å². The molecule has 18 heavy (non-hydrogen) atoms. The summed E-state index contributed by atoms with van der Waals surface area (Å²) in [6.07, 6.45) is 5.22. The van der Waals surface area contributed by atoms with Crippen LogP contribution in [0.5, 0.6) is 0 Å². The van der Waals surface area contributed by atoms with Crippen LogP contribution in [0.3, 0.4) is 0 Å². The fraction of sp³-hybridized carbons (Fsp3) is 0.286. The van der Waals surface area contributed by atoms with Gasteiger partial charge in [-0.05, 0) is 30.7 Å². The van der Waals surface area contributed by atoms with Crippen molar-refractivity contribution in [1.29, 1.82) is 0 Å². The monoisotopic (exact) mass is 261 g/mol. The van der Waals surface area contributed by atoms with E-state index < -0.39 is 0 Å². The molecule has 0 saturated heterocycles. The smallest absolute Gasteiger partial charge is 0.115 e. The average molecular weight is 262 g/mol. The van der Waals surface area contributed by atoms with Gasteiger partial charge in [-0.3, -0.25) is 0 Å². The lowest BCUT2D eigenvalue weighted by atomic mass is 9.99. The third-order valence-corrected chi connectivity index (χ3v) is 3.26. The first-order chi connectivity index (χ1) is 8.72. The molecular weight excluding hydrogens is 246 g/mol. The van der Waals surface area contributed by atoms with Crippen molar-refractivity contribution in [1.82, 2.24) is 15.3 Å². The van der Waals surface area contributed by atoms with Crippen LogP contribution in [0.2, 0.25) is 5.02 Å². The van der Waals surface area contributed by atoms with E-state index in [2.05, 4.69) is 28.3 Å². The van der Waals surface area contributed by atoms with Crippen molar-refractivity contribution >= 4 is 11.6 Å². The zero-order chi connectivity index (χ0) is 13.0. The van der Waals surface area contributed by atoms with Gasteiger partial charge >= 0.3 is 0 Å². The third kappa shape index (κ3) is 2.86. The van der Waals surface area contributed by atoms with Gasteiger partial charge < -0.3 is 5.32 Å². The number of benzene rings is 1. The molecule has 0 aliphatic heterocycles. The van der Waals surface area contributed by atoms with Crippen LogP contribution in [0.25, 0.3) is 0 Å². The summed E-state index contributed by atoms with van der Waals surface area (Å²) < 4.78 is 0. The number of halogens is 1. The third-order valence-electron chi connectivity index (χ3n) is 2.84. The van der Waals surface area contributed by atoms with Crippen molar-refractivity contribution in [2.75, 3.05) is 6.54 Å². The zero-order valence-corrected chi connectivity index (χ0v) is 11.3. The summed E-state index contributed by atoms with van der Waals surface area (Å²) in [5, 5.41) is 4.23. The largest absolute Gasteiger partial charge is 0.306 e. The Bertz CT molecular complexity index is 514. The second-order valence-electron chi connectivity index (χ2n) is 4.17. The lowest BCUT2D eigenvalue weighted by molar-refractivity contribution is 0.625. The first kappa shape index (κ1) is 13.0. The molecule has 0 bridgehead atoms. The molecule has 94 valence electrons. The van der Waals surface area contributed by atoms with E-state index in [4.69, 9.17) is 11.6 Å². The number of rotatable bonds is 4. The van der Waals surface area contributed by atoms with Crippen molar-refractivity contribution in [3.8, 4) is 0 Å². The Hall–Kier alpha value is -1.45. The maximum absolute atomic E-state index is 6.06. The minimum absolute atomic E-state index is 0.104. The predicted octanol–water partition coefficient (Wildman–Crippen LogP) is 3.14. The van der Waals surface area contributed by atoms with E-state index in [0.717, 1.165) is 22.7 Å². The average Bonchev–Trinajstić information content (AvgIpc) is 2.40. The maximum Gasteiger partial charge on any atom is 0.115 e. The molecule has 1 heterocycles. The highest BCUT2D eigenvalue weighted by atomic mass is 35.5. The van der Waals surface area contributed by atoms with Gasteiger partial charge in [0.1, 0.15) is 6.33 Å². The molecule has 2 aromatic rings. The number of nitrogens with one attached hydrogen (secondary N) is 1. The highest BCUT2D eigenvalue weighted by molar-refractivity contribution is 6.31. The maximum atomic E-state index is 6.06. The van der Waals surface area contributed by atoms with Crippen molar-refractivity contribution < 1.29 is 0 Å². The molecule has 1 unspecified atom stereocenters. The number of hydrogen-bond donors (Lipinski definition) is 1. The molecule has 0 amide bonds. The Morgan fingerprint density at radius 3 is 2.56 bits per heavy atom. The fourth-order valence-electron chi connectivity index (χ4n) is 1.94. The van der Waals surface area contributed by atoms with Gasteiger partial charge in [0.05, 0.1) is 6.04 Å². The van der Waals surface area contributed by atoms with Gasteiger partial charge in [0.25, 0.3) is 0 Å². The molecule has 2 rings (SSSR count). The summed E-state index contributed by atoms with van der Waals surface area (Å²) >= 11 is 6.06. The fourth-order valence-corrected chi connectivity index (χ4v) is 2.06. The summed E-state index contributed by atoms with van der Waals surface area (Å²) in [6, 6.07) is 6.17. The van der Waals surface area contributed by atoms with Crippen LogP contribution < -0.4 is 5.32 Å². The van der Waals surface area contributed by atoms with Crippen molar-refractivity contribution in [2.45, 2.75) is 19.9 Å². The number of hydrogen-bond acceptors (Lipinski definition) is 3. The number of aromatic nitrogens is 2.